The second-order valence-corrected chi connectivity index (χ2v) is 5.87. The standard InChI is InChI=1S/C17H29F3O3/c18-17(19,20)15-23-16(22)13-11-9-7-5-3-1-2-4-6-8-10-12-14-21/h14H,1-13,15H2. The summed E-state index contributed by atoms with van der Waals surface area (Å²) in [5.41, 5.74) is 0. The molecule has 0 spiro atoms. The van der Waals surface area contributed by atoms with Crippen molar-refractivity contribution < 1.29 is 27.5 Å². The first-order valence-corrected chi connectivity index (χ1v) is 8.61. The van der Waals surface area contributed by atoms with Gasteiger partial charge < -0.3 is 9.53 Å². The number of carbonyl (C=O) groups excluding carboxylic acids is 2. The third-order valence-electron chi connectivity index (χ3n) is 3.60. The van der Waals surface area contributed by atoms with E-state index in [0.717, 1.165) is 44.8 Å². The van der Waals surface area contributed by atoms with Crippen LogP contribution < -0.4 is 0 Å². The first-order chi connectivity index (χ1) is 11.0. The molecule has 0 N–H and O–H groups in total. The zero-order valence-corrected chi connectivity index (χ0v) is 13.8. The molecular formula is C17H29F3O3. The van der Waals surface area contributed by atoms with E-state index in [1.54, 1.807) is 0 Å². The maximum Gasteiger partial charge on any atom is 0.422 e. The summed E-state index contributed by atoms with van der Waals surface area (Å²) in [4.78, 5) is 21.2. The molecule has 0 radical (unpaired) electrons. The monoisotopic (exact) mass is 338 g/mol. The van der Waals surface area contributed by atoms with Crippen molar-refractivity contribution >= 4 is 12.3 Å². The van der Waals surface area contributed by atoms with E-state index in [-0.39, 0.29) is 6.42 Å². The Hall–Kier alpha value is -1.07. The van der Waals surface area contributed by atoms with Gasteiger partial charge in [-0.1, -0.05) is 57.8 Å². The molecule has 0 atom stereocenters. The summed E-state index contributed by atoms with van der Waals surface area (Å²) in [6.45, 7) is -1.49. The molecule has 0 aliphatic rings. The number of carbonyl (C=O) groups is 2. The van der Waals surface area contributed by atoms with E-state index in [4.69, 9.17) is 0 Å². The van der Waals surface area contributed by atoms with Gasteiger partial charge in [0.15, 0.2) is 6.61 Å². The molecule has 0 amide bonds. The van der Waals surface area contributed by atoms with Gasteiger partial charge in [0.25, 0.3) is 0 Å². The quantitative estimate of drug-likeness (QED) is 0.229. The van der Waals surface area contributed by atoms with Gasteiger partial charge in [0.1, 0.15) is 6.29 Å². The summed E-state index contributed by atoms with van der Waals surface area (Å²) in [6, 6.07) is 0. The van der Waals surface area contributed by atoms with Crippen LogP contribution in [-0.2, 0) is 14.3 Å². The van der Waals surface area contributed by atoms with E-state index in [0.29, 0.717) is 12.8 Å². The van der Waals surface area contributed by atoms with Crippen LogP contribution in [0.2, 0.25) is 0 Å². The van der Waals surface area contributed by atoms with Gasteiger partial charge in [0.05, 0.1) is 0 Å². The molecule has 0 saturated carbocycles. The van der Waals surface area contributed by atoms with Crippen LogP contribution >= 0.6 is 0 Å². The van der Waals surface area contributed by atoms with E-state index in [9.17, 15) is 22.8 Å². The number of rotatable bonds is 15. The largest absolute Gasteiger partial charge is 0.456 e. The molecule has 0 aromatic carbocycles. The lowest BCUT2D eigenvalue weighted by molar-refractivity contribution is -0.186. The minimum absolute atomic E-state index is 0.0663. The lowest BCUT2D eigenvalue weighted by Crippen LogP contribution is -2.20. The maximum atomic E-state index is 11.8. The smallest absolute Gasteiger partial charge is 0.422 e. The second-order valence-electron chi connectivity index (χ2n) is 5.87. The molecule has 0 rings (SSSR count). The van der Waals surface area contributed by atoms with Crippen molar-refractivity contribution in [1.82, 2.24) is 0 Å². The summed E-state index contributed by atoms with van der Waals surface area (Å²) < 4.78 is 39.6. The predicted octanol–water partition coefficient (Wildman–Crippen LogP) is 5.36. The fourth-order valence-corrected chi connectivity index (χ4v) is 2.32. The van der Waals surface area contributed by atoms with Crippen LogP contribution in [0.25, 0.3) is 0 Å². The molecular weight excluding hydrogens is 309 g/mol. The average molecular weight is 338 g/mol. The van der Waals surface area contributed by atoms with E-state index >= 15 is 0 Å². The second kappa shape index (κ2) is 14.5. The molecule has 0 saturated heterocycles. The van der Waals surface area contributed by atoms with Crippen molar-refractivity contribution in [2.24, 2.45) is 0 Å². The van der Waals surface area contributed by atoms with Crippen LogP contribution in [-0.4, -0.2) is 25.0 Å². The van der Waals surface area contributed by atoms with E-state index in [1.165, 1.54) is 25.7 Å². The molecule has 0 bridgehead atoms. The Kier molecular flexibility index (Phi) is 13.8. The number of aldehydes is 1. The average Bonchev–Trinajstić information content (AvgIpc) is 2.49. The summed E-state index contributed by atoms with van der Waals surface area (Å²) in [5, 5.41) is 0. The van der Waals surface area contributed by atoms with Crippen LogP contribution in [0.5, 0.6) is 0 Å². The fourth-order valence-electron chi connectivity index (χ4n) is 2.32. The van der Waals surface area contributed by atoms with Crippen LogP contribution in [0.1, 0.15) is 83.5 Å². The number of unbranched alkanes of at least 4 members (excludes halogenated alkanes) is 11. The van der Waals surface area contributed by atoms with Crippen molar-refractivity contribution in [2.75, 3.05) is 6.61 Å². The Morgan fingerprint density at radius 2 is 1.22 bits per heavy atom. The molecule has 0 heterocycles. The fraction of sp³-hybridized carbons (Fsp3) is 0.882. The van der Waals surface area contributed by atoms with Crippen molar-refractivity contribution in [3.05, 3.63) is 0 Å². The van der Waals surface area contributed by atoms with Gasteiger partial charge in [-0.15, -0.1) is 0 Å². The Bertz CT molecular complexity index is 304. The zero-order chi connectivity index (χ0) is 17.4. The van der Waals surface area contributed by atoms with Crippen LogP contribution in [0.3, 0.4) is 0 Å². The highest BCUT2D eigenvalue weighted by Gasteiger charge is 2.29. The summed E-state index contributed by atoms with van der Waals surface area (Å²) in [5.74, 6) is -0.767. The van der Waals surface area contributed by atoms with Crippen molar-refractivity contribution in [3.8, 4) is 0 Å². The Balaban J connectivity index is 3.18. The van der Waals surface area contributed by atoms with Gasteiger partial charge in [0, 0.05) is 12.8 Å². The first kappa shape index (κ1) is 21.9. The van der Waals surface area contributed by atoms with Crippen LogP contribution in [0.4, 0.5) is 13.2 Å². The normalized spacial score (nSPS) is 11.4. The summed E-state index contributed by atoms with van der Waals surface area (Å²) >= 11 is 0. The number of ether oxygens (including phenoxy) is 1. The third-order valence-corrected chi connectivity index (χ3v) is 3.60. The lowest BCUT2D eigenvalue weighted by atomic mass is 10.0. The van der Waals surface area contributed by atoms with Gasteiger partial charge in [-0.2, -0.15) is 13.2 Å². The SMILES string of the molecule is O=CCCCCCCCCCCCCCC(=O)OCC(F)(F)F. The van der Waals surface area contributed by atoms with E-state index < -0.39 is 18.8 Å². The number of hydrogen-bond donors (Lipinski definition) is 0. The Morgan fingerprint density at radius 1 is 0.783 bits per heavy atom. The maximum absolute atomic E-state index is 11.8. The van der Waals surface area contributed by atoms with Crippen molar-refractivity contribution in [1.29, 1.82) is 0 Å². The minimum atomic E-state index is -4.44. The van der Waals surface area contributed by atoms with Crippen molar-refractivity contribution in [3.63, 3.8) is 0 Å². The van der Waals surface area contributed by atoms with E-state index in [1.807, 2.05) is 0 Å². The van der Waals surface area contributed by atoms with Crippen LogP contribution in [0, 0.1) is 0 Å². The predicted molar refractivity (Wildman–Crippen MR) is 83.1 cm³/mol. The molecule has 0 aliphatic carbocycles. The zero-order valence-electron chi connectivity index (χ0n) is 13.8. The third kappa shape index (κ3) is 18.9. The molecule has 23 heavy (non-hydrogen) atoms. The summed E-state index contributed by atoms with van der Waals surface area (Å²) in [7, 11) is 0. The van der Waals surface area contributed by atoms with Gasteiger partial charge in [-0.05, 0) is 12.8 Å². The molecule has 0 aromatic rings. The van der Waals surface area contributed by atoms with Gasteiger partial charge in [0.2, 0.25) is 0 Å². The Morgan fingerprint density at radius 3 is 1.65 bits per heavy atom. The highest BCUT2D eigenvalue weighted by molar-refractivity contribution is 5.69. The van der Waals surface area contributed by atoms with Crippen molar-refractivity contribution in [2.45, 2.75) is 89.6 Å². The highest BCUT2D eigenvalue weighted by atomic mass is 19.4. The minimum Gasteiger partial charge on any atom is -0.456 e. The first-order valence-electron chi connectivity index (χ1n) is 8.61. The number of alkyl halides is 3. The van der Waals surface area contributed by atoms with E-state index in [2.05, 4.69) is 4.74 Å². The Labute approximate surface area is 137 Å². The molecule has 0 aliphatic heterocycles. The molecule has 3 nitrogen and oxygen atoms in total. The topological polar surface area (TPSA) is 43.4 Å². The molecule has 6 heteroatoms. The van der Waals surface area contributed by atoms with Crippen LogP contribution in [0.15, 0.2) is 0 Å². The molecule has 0 aromatic heterocycles. The number of esters is 1. The summed E-state index contributed by atoms with van der Waals surface area (Å²) in [6.07, 6.45) is 8.91. The lowest BCUT2D eigenvalue weighted by Gasteiger charge is -2.07. The van der Waals surface area contributed by atoms with Gasteiger partial charge in [-0.25, -0.2) is 0 Å². The molecule has 0 unspecified atom stereocenters. The molecule has 0 fully saturated rings. The number of hydrogen-bond acceptors (Lipinski definition) is 3. The van der Waals surface area contributed by atoms with Gasteiger partial charge in [-0.3, -0.25) is 4.79 Å². The van der Waals surface area contributed by atoms with Gasteiger partial charge >= 0.3 is 12.1 Å². The molecule has 136 valence electrons. The number of halogens is 3. The highest BCUT2D eigenvalue weighted by Crippen LogP contribution is 2.16.